The van der Waals surface area contributed by atoms with E-state index in [-0.39, 0.29) is 19.0 Å². The third-order valence-corrected chi connectivity index (χ3v) is 5.55. The molecule has 0 aromatic carbocycles. The van der Waals surface area contributed by atoms with E-state index in [0.29, 0.717) is 6.54 Å². The second kappa shape index (κ2) is 6.82. The number of rotatable bonds is 3. The van der Waals surface area contributed by atoms with Gasteiger partial charge in [-0.2, -0.15) is 10.2 Å². The van der Waals surface area contributed by atoms with Crippen LogP contribution in [0.15, 0.2) is 36.9 Å². The first-order valence-electron chi connectivity index (χ1n) is 9.65. The van der Waals surface area contributed by atoms with E-state index in [1.165, 1.54) is 0 Å². The van der Waals surface area contributed by atoms with Crippen molar-refractivity contribution < 1.29 is 8.78 Å². The van der Waals surface area contributed by atoms with E-state index in [2.05, 4.69) is 31.8 Å². The summed E-state index contributed by atoms with van der Waals surface area (Å²) in [6, 6.07) is 3.80. The van der Waals surface area contributed by atoms with E-state index in [0.717, 1.165) is 48.5 Å². The van der Waals surface area contributed by atoms with Gasteiger partial charge in [-0.05, 0) is 12.1 Å². The zero-order valence-electron chi connectivity index (χ0n) is 15.5. The fourth-order valence-electron chi connectivity index (χ4n) is 4.12. The molecule has 3 aromatic heterocycles. The molecule has 0 saturated carbocycles. The Morgan fingerprint density at radius 3 is 2.75 bits per heavy atom. The highest BCUT2D eigenvalue weighted by atomic mass is 19.3. The van der Waals surface area contributed by atoms with Gasteiger partial charge in [-0.3, -0.25) is 4.68 Å². The van der Waals surface area contributed by atoms with Crippen LogP contribution in [-0.4, -0.2) is 64.6 Å². The van der Waals surface area contributed by atoms with Gasteiger partial charge in [0.05, 0.1) is 30.0 Å². The summed E-state index contributed by atoms with van der Waals surface area (Å²) in [5.74, 6) is -2.69. The molecule has 3 aromatic rings. The van der Waals surface area contributed by atoms with Crippen LogP contribution < -0.4 is 15.5 Å². The van der Waals surface area contributed by atoms with E-state index < -0.39 is 5.92 Å². The summed E-state index contributed by atoms with van der Waals surface area (Å²) in [4.78, 5) is 2.36. The molecule has 5 heterocycles. The van der Waals surface area contributed by atoms with Gasteiger partial charge in [-0.15, -0.1) is 0 Å². The van der Waals surface area contributed by atoms with Crippen LogP contribution in [0.25, 0.3) is 16.6 Å². The zero-order valence-corrected chi connectivity index (χ0v) is 15.5. The van der Waals surface area contributed by atoms with E-state index in [9.17, 15) is 8.78 Å². The van der Waals surface area contributed by atoms with Crippen LogP contribution in [0, 0.1) is 0 Å². The third-order valence-electron chi connectivity index (χ3n) is 5.55. The number of piperazine rings is 1. The van der Waals surface area contributed by atoms with Gasteiger partial charge in [-0.25, -0.2) is 13.3 Å². The van der Waals surface area contributed by atoms with E-state index >= 15 is 0 Å². The minimum Gasteiger partial charge on any atom is -0.367 e. The van der Waals surface area contributed by atoms with Crippen molar-refractivity contribution in [3.63, 3.8) is 0 Å². The highest BCUT2D eigenvalue weighted by Gasteiger charge is 2.37. The molecule has 2 fully saturated rings. The number of nitrogens with one attached hydrogen (secondary N) is 2. The van der Waals surface area contributed by atoms with Crippen molar-refractivity contribution >= 4 is 11.2 Å². The fourth-order valence-corrected chi connectivity index (χ4v) is 4.12. The Bertz CT molecular complexity index is 974. The molecule has 2 saturated heterocycles. The number of aromatic nitrogens is 4. The molecular weight excluding hydrogens is 364 g/mol. The molecule has 2 aliphatic rings. The predicted molar refractivity (Wildman–Crippen MR) is 103 cm³/mol. The number of halogens is 2. The van der Waals surface area contributed by atoms with Gasteiger partial charge in [0.2, 0.25) is 0 Å². The molecule has 7 nitrogen and oxygen atoms in total. The summed E-state index contributed by atoms with van der Waals surface area (Å²) < 4.78 is 30.9. The van der Waals surface area contributed by atoms with Crippen molar-refractivity contribution in [2.45, 2.75) is 18.4 Å². The summed E-state index contributed by atoms with van der Waals surface area (Å²) in [5, 5.41) is 15.0. The lowest BCUT2D eigenvalue weighted by molar-refractivity contribution is -0.0381. The highest BCUT2D eigenvalue weighted by Crippen LogP contribution is 2.31. The lowest BCUT2D eigenvalue weighted by atomic mass is 10.0. The van der Waals surface area contributed by atoms with Crippen molar-refractivity contribution in [2.75, 3.05) is 44.2 Å². The van der Waals surface area contributed by atoms with E-state index in [1.807, 2.05) is 29.2 Å². The number of alkyl halides is 2. The quantitative estimate of drug-likeness (QED) is 0.717. The SMILES string of the molecule is FC1(F)CNCC(n2cc(-c3cc4c(N5CCNCC5)ccnn4c3)cn2)C1. The Morgan fingerprint density at radius 2 is 1.93 bits per heavy atom. The Hall–Kier alpha value is -2.52. The molecule has 148 valence electrons. The van der Waals surface area contributed by atoms with Crippen LogP contribution >= 0.6 is 0 Å². The molecule has 1 atom stereocenters. The first-order chi connectivity index (χ1) is 13.6. The molecule has 9 heteroatoms. The summed E-state index contributed by atoms with van der Waals surface area (Å²) in [6.07, 6.45) is 7.19. The second-order valence-electron chi connectivity index (χ2n) is 7.57. The normalized spacial score (nSPS) is 22.6. The van der Waals surface area contributed by atoms with Gasteiger partial charge in [0.25, 0.3) is 5.92 Å². The number of hydrogen-bond donors (Lipinski definition) is 2. The van der Waals surface area contributed by atoms with Crippen molar-refractivity contribution in [1.29, 1.82) is 0 Å². The topological polar surface area (TPSA) is 62.4 Å². The molecule has 2 aliphatic heterocycles. The van der Waals surface area contributed by atoms with Crippen molar-refractivity contribution in [2.24, 2.45) is 0 Å². The van der Waals surface area contributed by atoms with Gasteiger partial charge in [-0.1, -0.05) is 0 Å². The van der Waals surface area contributed by atoms with Crippen molar-refractivity contribution in [3.8, 4) is 11.1 Å². The molecule has 0 bridgehead atoms. The number of fused-ring (bicyclic) bond motifs is 1. The lowest BCUT2D eigenvalue weighted by Gasteiger charge is -2.29. The minimum absolute atomic E-state index is 0.187. The van der Waals surface area contributed by atoms with Crippen LogP contribution in [0.5, 0.6) is 0 Å². The van der Waals surface area contributed by atoms with E-state index in [1.54, 1.807) is 10.9 Å². The maximum atomic E-state index is 13.7. The molecule has 28 heavy (non-hydrogen) atoms. The molecule has 0 radical (unpaired) electrons. The van der Waals surface area contributed by atoms with Crippen LogP contribution in [0.2, 0.25) is 0 Å². The molecule has 5 rings (SSSR count). The number of nitrogens with zero attached hydrogens (tertiary/aromatic N) is 5. The van der Waals surface area contributed by atoms with Crippen LogP contribution in [0.4, 0.5) is 14.5 Å². The highest BCUT2D eigenvalue weighted by molar-refractivity contribution is 5.79. The summed E-state index contributed by atoms with van der Waals surface area (Å²) in [7, 11) is 0. The van der Waals surface area contributed by atoms with Gasteiger partial charge in [0, 0.05) is 68.9 Å². The first kappa shape index (κ1) is 17.6. The minimum atomic E-state index is -2.69. The van der Waals surface area contributed by atoms with E-state index in [4.69, 9.17) is 0 Å². The maximum Gasteiger partial charge on any atom is 0.262 e. The average molecular weight is 387 g/mol. The summed E-state index contributed by atoms with van der Waals surface area (Å²) in [5.41, 5.74) is 4.09. The van der Waals surface area contributed by atoms with Crippen LogP contribution in [-0.2, 0) is 0 Å². The van der Waals surface area contributed by atoms with Crippen molar-refractivity contribution in [1.82, 2.24) is 30.0 Å². The average Bonchev–Trinajstić information content (AvgIpc) is 3.34. The molecule has 1 unspecified atom stereocenters. The monoisotopic (exact) mass is 387 g/mol. The van der Waals surface area contributed by atoms with Gasteiger partial charge >= 0.3 is 0 Å². The smallest absolute Gasteiger partial charge is 0.262 e. The Kier molecular flexibility index (Phi) is 4.28. The summed E-state index contributed by atoms with van der Waals surface area (Å²) >= 11 is 0. The van der Waals surface area contributed by atoms with Crippen LogP contribution in [0.3, 0.4) is 0 Å². The molecule has 0 aliphatic carbocycles. The van der Waals surface area contributed by atoms with Crippen LogP contribution in [0.1, 0.15) is 12.5 Å². The Morgan fingerprint density at radius 1 is 1.07 bits per heavy atom. The molecule has 2 N–H and O–H groups in total. The van der Waals surface area contributed by atoms with Gasteiger partial charge < -0.3 is 15.5 Å². The number of anilines is 1. The summed E-state index contributed by atoms with van der Waals surface area (Å²) in [6.45, 7) is 4.10. The number of piperidine rings is 1. The largest absolute Gasteiger partial charge is 0.367 e. The molecule has 0 spiro atoms. The van der Waals surface area contributed by atoms with Gasteiger partial charge in [0.1, 0.15) is 0 Å². The second-order valence-corrected chi connectivity index (χ2v) is 7.57. The standard InChI is InChI=1S/C19H23F2N7/c20-19(21)8-16(10-23-13-19)27-12-15(9-25-27)14-7-18-17(1-2-24-28(18)11-14)26-5-3-22-4-6-26/h1-2,7,9,11-12,16,22-23H,3-6,8,10,13H2. The zero-order chi connectivity index (χ0) is 19.1. The van der Waals surface area contributed by atoms with Crippen molar-refractivity contribution in [3.05, 3.63) is 36.9 Å². The number of hydrogen-bond acceptors (Lipinski definition) is 5. The molecular formula is C19H23F2N7. The maximum absolute atomic E-state index is 13.7. The Labute approximate surface area is 161 Å². The van der Waals surface area contributed by atoms with Gasteiger partial charge in [0.15, 0.2) is 0 Å². The lowest BCUT2D eigenvalue weighted by Crippen LogP contribution is -2.44. The Balaban J connectivity index is 1.45. The third kappa shape index (κ3) is 3.24. The first-order valence-corrected chi connectivity index (χ1v) is 9.65. The fraction of sp³-hybridized carbons (Fsp3) is 0.474. The predicted octanol–water partition coefficient (Wildman–Crippen LogP) is 1.78. The molecule has 0 amide bonds.